The fourth-order valence-electron chi connectivity index (χ4n) is 1.83. The molecule has 0 radical (unpaired) electrons. The van der Waals surface area contributed by atoms with Crippen LogP contribution in [0.25, 0.3) is 0 Å². The molecule has 0 amide bonds. The molecule has 5 heteroatoms. The molecule has 0 aliphatic rings. The summed E-state index contributed by atoms with van der Waals surface area (Å²) in [6, 6.07) is 6.81. The Kier molecular flexibility index (Phi) is 5.82. The fraction of sp³-hybridized carbons (Fsp3) is 0.571. The average Bonchev–Trinajstić information content (AvgIpc) is 2.28. The first-order valence-corrected chi connectivity index (χ1v) is 8.39. The second-order valence-corrected chi connectivity index (χ2v) is 7.19. The highest BCUT2D eigenvalue weighted by Gasteiger charge is 2.16. The van der Waals surface area contributed by atoms with Crippen LogP contribution in [0.4, 0.5) is 0 Å². The van der Waals surface area contributed by atoms with E-state index in [0.29, 0.717) is 6.42 Å². The molecule has 108 valence electrons. The largest absolute Gasteiger partial charge is 0.491 e. The third-order valence-electron chi connectivity index (χ3n) is 2.63. The van der Waals surface area contributed by atoms with Crippen molar-refractivity contribution in [3.8, 4) is 5.75 Å². The van der Waals surface area contributed by atoms with Gasteiger partial charge in [-0.2, -0.15) is 0 Å². The number of benzene rings is 1. The molecular weight excluding hydrogens is 262 g/mol. The number of hydrogen-bond acceptors (Lipinski definition) is 4. The van der Waals surface area contributed by atoms with Crippen molar-refractivity contribution in [1.29, 1.82) is 0 Å². The first kappa shape index (κ1) is 16.0. The van der Waals surface area contributed by atoms with E-state index in [9.17, 15) is 8.42 Å². The highest BCUT2D eigenvalue weighted by Crippen LogP contribution is 2.19. The van der Waals surface area contributed by atoms with Gasteiger partial charge in [-0.3, -0.25) is 0 Å². The van der Waals surface area contributed by atoms with Crippen LogP contribution in [0.15, 0.2) is 24.3 Å². The van der Waals surface area contributed by atoms with E-state index in [0.717, 1.165) is 11.3 Å². The van der Waals surface area contributed by atoms with E-state index in [1.807, 2.05) is 45.0 Å². The number of ether oxygens (including phenoxy) is 1. The molecule has 0 saturated carbocycles. The monoisotopic (exact) mass is 285 g/mol. The summed E-state index contributed by atoms with van der Waals surface area (Å²) in [5.41, 5.74) is 6.76. The Labute approximate surface area is 115 Å². The molecule has 0 spiro atoms. The van der Waals surface area contributed by atoms with Crippen molar-refractivity contribution in [1.82, 2.24) is 0 Å². The van der Waals surface area contributed by atoms with Crippen molar-refractivity contribution >= 4 is 9.84 Å². The van der Waals surface area contributed by atoms with Crippen LogP contribution in [-0.4, -0.2) is 26.0 Å². The summed E-state index contributed by atoms with van der Waals surface area (Å²) in [6.07, 6.45) is 0.736. The van der Waals surface area contributed by atoms with Crippen LogP contribution in [0.3, 0.4) is 0 Å². The third kappa shape index (κ3) is 5.61. The minimum atomic E-state index is -3.06. The quantitative estimate of drug-likeness (QED) is 0.834. The Bertz CT molecular complexity index is 480. The van der Waals surface area contributed by atoms with Gasteiger partial charge in [0.05, 0.1) is 11.9 Å². The van der Waals surface area contributed by atoms with Crippen LogP contribution in [0, 0.1) is 0 Å². The van der Waals surface area contributed by atoms with Crippen molar-refractivity contribution < 1.29 is 13.2 Å². The molecule has 1 aromatic rings. The molecule has 0 saturated heterocycles. The van der Waals surface area contributed by atoms with Crippen molar-refractivity contribution in [3.63, 3.8) is 0 Å². The lowest BCUT2D eigenvalue weighted by atomic mass is 10.1. The van der Waals surface area contributed by atoms with Gasteiger partial charge in [-0.25, -0.2) is 8.42 Å². The van der Waals surface area contributed by atoms with Crippen molar-refractivity contribution in [2.24, 2.45) is 5.73 Å². The van der Waals surface area contributed by atoms with E-state index in [-0.39, 0.29) is 17.6 Å². The van der Waals surface area contributed by atoms with Gasteiger partial charge in [-0.1, -0.05) is 19.1 Å². The smallest absolute Gasteiger partial charge is 0.152 e. The number of sulfone groups is 1. The molecule has 1 aromatic carbocycles. The van der Waals surface area contributed by atoms with E-state index < -0.39 is 15.9 Å². The normalized spacial score (nSPS) is 13.5. The van der Waals surface area contributed by atoms with Crippen LogP contribution in [0.5, 0.6) is 5.75 Å². The Hall–Kier alpha value is -1.07. The lowest BCUT2D eigenvalue weighted by Gasteiger charge is -2.14. The van der Waals surface area contributed by atoms with E-state index in [1.165, 1.54) is 0 Å². The summed E-state index contributed by atoms with van der Waals surface area (Å²) in [7, 11) is -3.06. The molecule has 1 unspecified atom stereocenters. The zero-order chi connectivity index (χ0) is 14.5. The molecule has 0 aromatic heterocycles. The highest BCUT2D eigenvalue weighted by atomic mass is 32.2. The van der Waals surface area contributed by atoms with Gasteiger partial charge in [-0.05, 0) is 38.0 Å². The predicted octanol–water partition coefficient (Wildman–Crippen LogP) is 2.30. The van der Waals surface area contributed by atoms with Crippen molar-refractivity contribution in [2.75, 3.05) is 11.5 Å². The van der Waals surface area contributed by atoms with Crippen LogP contribution in [0.2, 0.25) is 0 Å². The van der Waals surface area contributed by atoms with Crippen LogP contribution in [0.1, 0.15) is 38.8 Å². The second-order valence-electron chi connectivity index (χ2n) is 4.96. The molecule has 2 N–H and O–H groups in total. The Morgan fingerprint density at radius 3 is 2.26 bits per heavy atom. The molecule has 4 nitrogen and oxygen atoms in total. The van der Waals surface area contributed by atoms with E-state index in [1.54, 1.807) is 0 Å². The zero-order valence-electron chi connectivity index (χ0n) is 11.8. The molecule has 0 fully saturated rings. The van der Waals surface area contributed by atoms with Gasteiger partial charge in [0.25, 0.3) is 0 Å². The Balaban J connectivity index is 2.70. The standard InChI is InChI=1S/C14H23NO3S/c1-4-9-19(16,17)10-14(15)12-5-7-13(8-6-12)18-11(2)3/h5-8,11,14H,4,9-10,15H2,1-3H3. The number of rotatable bonds is 7. The topological polar surface area (TPSA) is 69.4 Å². The lowest BCUT2D eigenvalue weighted by Crippen LogP contribution is -2.23. The maximum absolute atomic E-state index is 11.7. The first-order valence-electron chi connectivity index (χ1n) is 6.56. The molecule has 0 bridgehead atoms. The van der Waals surface area contributed by atoms with Gasteiger partial charge in [-0.15, -0.1) is 0 Å². The Morgan fingerprint density at radius 1 is 1.21 bits per heavy atom. The van der Waals surface area contributed by atoms with Crippen molar-refractivity contribution in [3.05, 3.63) is 29.8 Å². The first-order chi connectivity index (χ1) is 8.84. The molecule has 1 rings (SSSR count). The summed E-state index contributed by atoms with van der Waals surface area (Å²) in [5.74, 6) is 0.947. The molecule has 0 aliphatic carbocycles. The summed E-state index contributed by atoms with van der Waals surface area (Å²) >= 11 is 0. The summed E-state index contributed by atoms with van der Waals surface area (Å²) in [4.78, 5) is 0. The van der Waals surface area contributed by atoms with Gasteiger partial charge in [0, 0.05) is 11.8 Å². The van der Waals surface area contributed by atoms with Gasteiger partial charge in [0.2, 0.25) is 0 Å². The van der Waals surface area contributed by atoms with Crippen LogP contribution < -0.4 is 10.5 Å². The minimum absolute atomic E-state index is 0.00871. The van der Waals surface area contributed by atoms with Gasteiger partial charge in [0.15, 0.2) is 9.84 Å². The Morgan fingerprint density at radius 2 is 1.79 bits per heavy atom. The minimum Gasteiger partial charge on any atom is -0.491 e. The maximum Gasteiger partial charge on any atom is 0.152 e. The zero-order valence-corrected chi connectivity index (χ0v) is 12.6. The molecule has 0 heterocycles. The predicted molar refractivity (Wildman–Crippen MR) is 78.1 cm³/mol. The maximum atomic E-state index is 11.7. The second kappa shape index (κ2) is 6.91. The fourth-order valence-corrected chi connectivity index (χ4v) is 3.36. The van der Waals surface area contributed by atoms with Crippen molar-refractivity contribution in [2.45, 2.75) is 39.3 Å². The summed E-state index contributed by atoms with van der Waals surface area (Å²) in [5, 5.41) is 0. The molecular formula is C14H23NO3S. The molecule has 19 heavy (non-hydrogen) atoms. The van der Waals surface area contributed by atoms with E-state index in [2.05, 4.69) is 0 Å². The summed E-state index contributed by atoms with van der Waals surface area (Å²) < 4.78 is 29.0. The molecule has 0 aliphatic heterocycles. The number of hydrogen-bond donors (Lipinski definition) is 1. The average molecular weight is 285 g/mol. The van der Waals surface area contributed by atoms with E-state index in [4.69, 9.17) is 10.5 Å². The van der Waals surface area contributed by atoms with Crippen LogP contribution >= 0.6 is 0 Å². The lowest BCUT2D eigenvalue weighted by molar-refractivity contribution is 0.242. The third-order valence-corrected chi connectivity index (χ3v) is 4.53. The van der Waals surface area contributed by atoms with E-state index >= 15 is 0 Å². The SMILES string of the molecule is CCCS(=O)(=O)CC(N)c1ccc(OC(C)C)cc1. The summed E-state index contributed by atoms with van der Waals surface area (Å²) in [6.45, 7) is 5.76. The van der Waals surface area contributed by atoms with Crippen LogP contribution in [-0.2, 0) is 9.84 Å². The van der Waals surface area contributed by atoms with Gasteiger partial charge >= 0.3 is 0 Å². The van der Waals surface area contributed by atoms with Gasteiger partial charge < -0.3 is 10.5 Å². The number of nitrogens with two attached hydrogens (primary N) is 1. The molecule has 1 atom stereocenters. The highest BCUT2D eigenvalue weighted by molar-refractivity contribution is 7.91. The van der Waals surface area contributed by atoms with Gasteiger partial charge in [0.1, 0.15) is 5.75 Å².